The lowest BCUT2D eigenvalue weighted by molar-refractivity contribution is 0.480. The second-order valence-electron chi connectivity index (χ2n) is 6.29. The van der Waals surface area contributed by atoms with E-state index in [0.29, 0.717) is 42.2 Å². The van der Waals surface area contributed by atoms with Crippen molar-refractivity contribution in [3.63, 3.8) is 0 Å². The maximum absolute atomic E-state index is 12.8. The second kappa shape index (κ2) is 8.07. The number of aromatic nitrogens is 4. The number of hydrogen-bond donors (Lipinski definition) is 1. The number of aromatic amines is 1. The lowest BCUT2D eigenvalue weighted by Crippen LogP contribution is -2.40. The summed E-state index contributed by atoms with van der Waals surface area (Å²) < 4.78 is 8.36. The second-order valence-corrected chi connectivity index (χ2v) is 6.29. The molecule has 3 aromatic rings. The Kier molecular flexibility index (Phi) is 5.59. The Hall–Kier alpha value is -3.09. The number of rotatable bonds is 7. The van der Waals surface area contributed by atoms with Gasteiger partial charge in [-0.15, -0.1) is 0 Å². The molecule has 7 nitrogen and oxygen atoms in total. The highest BCUT2D eigenvalue weighted by Crippen LogP contribution is 2.23. The zero-order valence-corrected chi connectivity index (χ0v) is 15.9. The van der Waals surface area contributed by atoms with Gasteiger partial charge < -0.3 is 9.72 Å². The third-order valence-electron chi connectivity index (χ3n) is 4.20. The maximum Gasteiger partial charge on any atom is 0.332 e. The molecule has 2 aromatic heterocycles. The minimum absolute atomic E-state index is 0.306. The number of nitrogens with zero attached hydrogens (tertiary/aromatic N) is 3. The van der Waals surface area contributed by atoms with Gasteiger partial charge in [-0.05, 0) is 31.9 Å². The molecule has 7 heteroatoms. The summed E-state index contributed by atoms with van der Waals surface area (Å²) in [5.74, 6) is 1.20. The zero-order chi connectivity index (χ0) is 19.4. The Morgan fingerprint density at radius 3 is 2.59 bits per heavy atom. The SMILES string of the molecule is C/C=C\Oc1cccc(-c2nc3c([nH]2)c(=O)n(CCC)c(=O)n3CCC)c1. The molecular formula is C20H24N4O3. The van der Waals surface area contributed by atoms with Crippen LogP contribution in [0.2, 0.25) is 0 Å². The van der Waals surface area contributed by atoms with E-state index in [9.17, 15) is 9.59 Å². The molecule has 3 rings (SSSR count). The van der Waals surface area contributed by atoms with E-state index in [1.807, 2.05) is 45.0 Å². The van der Waals surface area contributed by atoms with Crippen LogP contribution in [-0.2, 0) is 13.1 Å². The molecule has 0 saturated carbocycles. The van der Waals surface area contributed by atoms with Gasteiger partial charge in [-0.25, -0.2) is 9.78 Å². The number of benzene rings is 1. The van der Waals surface area contributed by atoms with E-state index >= 15 is 0 Å². The largest absolute Gasteiger partial charge is 0.465 e. The number of ether oxygens (including phenoxy) is 1. The summed E-state index contributed by atoms with van der Waals surface area (Å²) in [6, 6.07) is 7.42. The molecule has 0 aliphatic rings. The van der Waals surface area contributed by atoms with Crippen molar-refractivity contribution < 1.29 is 4.74 Å². The fraction of sp³-hybridized carbons (Fsp3) is 0.350. The molecule has 0 spiro atoms. The standard InChI is InChI=1S/C20H24N4O3/c1-4-10-23-18-16(19(25)24(11-5-2)20(23)26)21-17(22-18)14-8-7-9-15(13-14)27-12-6-3/h6-9,12-13H,4-5,10-11H2,1-3H3,(H,21,22)/b12-6-. The summed E-state index contributed by atoms with van der Waals surface area (Å²) in [6.07, 6.45) is 4.87. The first-order chi connectivity index (χ1) is 13.1. The van der Waals surface area contributed by atoms with E-state index in [1.165, 1.54) is 4.57 Å². The van der Waals surface area contributed by atoms with Crippen molar-refractivity contribution in [1.82, 2.24) is 19.1 Å². The van der Waals surface area contributed by atoms with Crippen molar-refractivity contribution in [2.75, 3.05) is 0 Å². The molecule has 0 atom stereocenters. The normalized spacial score (nSPS) is 11.5. The summed E-state index contributed by atoms with van der Waals surface area (Å²) in [4.78, 5) is 33.2. The Labute approximate surface area is 156 Å². The van der Waals surface area contributed by atoms with Crippen molar-refractivity contribution in [2.45, 2.75) is 46.7 Å². The number of fused-ring (bicyclic) bond motifs is 1. The van der Waals surface area contributed by atoms with E-state index in [0.717, 1.165) is 12.0 Å². The fourth-order valence-electron chi connectivity index (χ4n) is 3.01. The summed E-state index contributed by atoms with van der Waals surface area (Å²) in [7, 11) is 0. The van der Waals surface area contributed by atoms with Gasteiger partial charge in [0.1, 0.15) is 17.1 Å². The average Bonchev–Trinajstić information content (AvgIpc) is 3.12. The Morgan fingerprint density at radius 2 is 1.89 bits per heavy atom. The van der Waals surface area contributed by atoms with E-state index in [4.69, 9.17) is 4.74 Å². The third-order valence-corrected chi connectivity index (χ3v) is 4.20. The summed E-state index contributed by atoms with van der Waals surface area (Å²) in [5.41, 5.74) is 0.897. The Bertz CT molecular complexity index is 1090. The third kappa shape index (κ3) is 3.58. The van der Waals surface area contributed by atoms with Crippen LogP contribution >= 0.6 is 0 Å². The van der Waals surface area contributed by atoms with Crippen LogP contribution in [-0.4, -0.2) is 19.1 Å². The Balaban J connectivity index is 2.20. The molecule has 0 bridgehead atoms. The smallest absolute Gasteiger partial charge is 0.332 e. The molecular weight excluding hydrogens is 344 g/mol. The molecule has 27 heavy (non-hydrogen) atoms. The fourth-order valence-corrected chi connectivity index (χ4v) is 3.01. The predicted molar refractivity (Wildman–Crippen MR) is 106 cm³/mol. The summed E-state index contributed by atoms with van der Waals surface area (Å²) in [6.45, 7) is 6.70. The minimum atomic E-state index is -0.329. The van der Waals surface area contributed by atoms with Crippen LogP contribution in [0.15, 0.2) is 46.2 Å². The molecule has 142 valence electrons. The van der Waals surface area contributed by atoms with Gasteiger partial charge in [-0.3, -0.25) is 13.9 Å². The van der Waals surface area contributed by atoms with Gasteiger partial charge in [-0.2, -0.15) is 0 Å². The highest BCUT2D eigenvalue weighted by Gasteiger charge is 2.17. The lowest BCUT2D eigenvalue weighted by atomic mass is 10.2. The quantitative estimate of drug-likeness (QED) is 0.649. The van der Waals surface area contributed by atoms with Crippen molar-refractivity contribution in [3.05, 3.63) is 57.4 Å². The first-order valence-corrected chi connectivity index (χ1v) is 9.22. The topological polar surface area (TPSA) is 81.9 Å². The maximum atomic E-state index is 12.8. The first kappa shape index (κ1) is 18.7. The zero-order valence-electron chi connectivity index (χ0n) is 15.9. The molecule has 0 aliphatic carbocycles. The van der Waals surface area contributed by atoms with Crippen LogP contribution in [0.25, 0.3) is 22.6 Å². The number of hydrogen-bond acceptors (Lipinski definition) is 4. The summed E-state index contributed by atoms with van der Waals surface area (Å²) >= 11 is 0. The van der Waals surface area contributed by atoms with Gasteiger partial charge in [-0.1, -0.05) is 32.1 Å². The lowest BCUT2D eigenvalue weighted by Gasteiger charge is -2.09. The molecule has 1 N–H and O–H groups in total. The van der Waals surface area contributed by atoms with Gasteiger partial charge >= 0.3 is 5.69 Å². The van der Waals surface area contributed by atoms with E-state index in [-0.39, 0.29) is 11.2 Å². The molecule has 0 saturated heterocycles. The van der Waals surface area contributed by atoms with Crippen LogP contribution in [0.5, 0.6) is 5.75 Å². The number of allylic oxidation sites excluding steroid dienone is 1. The van der Waals surface area contributed by atoms with Gasteiger partial charge in [0.25, 0.3) is 5.56 Å². The van der Waals surface area contributed by atoms with E-state index < -0.39 is 0 Å². The van der Waals surface area contributed by atoms with Gasteiger partial charge in [0.15, 0.2) is 5.65 Å². The average molecular weight is 368 g/mol. The van der Waals surface area contributed by atoms with Crippen LogP contribution < -0.4 is 16.0 Å². The monoisotopic (exact) mass is 368 g/mol. The molecule has 2 heterocycles. The number of aryl methyl sites for hydroxylation is 1. The van der Waals surface area contributed by atoms with Crippen LogP contribution in [0.4, 0.5) is 0 Å². The molecule has 0 amide bonds. The van der Waals surface area contributed by atoms with Gasteiger partial charge in [0, 0.05) is 18.7 Å². The molecule has 0 fully saturated rings. The van der Waals surface area contributed by atoms with E-state index in [2.05, 4.69) is 9.97 Å². The van der Waals surface area contributed by atoms with Crippen molar-refractivity contribution in [2.24, 2.45) is 0 Å². The number of nitrogens with one attached hydrogen (secondary N) is 1. The van der Waals surface area contributed by atoms with Gasteiger partial charge in [0.2, 0.25) is 0 Å². The highest BCUT2D eigenvalue weighted by molar-refractivity contribution is 5.75. The molecule has 0 aliphatic heterocycles. The Morgan fingerprint density at radius 1 is 1.15 bits per heavy atom. The summed E-state index contributed by atoms with van der Waals surface area (Å²) in [5, 5.41) is 0. The molecule has 0 unspecified atom stereocenters. The van der Waals surface area contributed by atoms with Crippen LogP contribution in [0.1, 0.15) is 33.6 Å². The van der Waals surface area contributed by atoms with Crippen molar-refractivity contribution in [3.8, 4) is 17.1 Å². The van der Waals surface area contributed by atoms with Crippen LogP contribution in [0.3, 0.4) is 0 Å². The molecule has 0 radical (unpaired) electrons. The van der Waals surface area contributed by atoms with Crippen molar-refractivity contribution >= 4 is 11.2 Å². The van der Waals surface area contributed by atoms with Crippen molar-refractivity contribution in [1.29, 1.82) is 0 Å². The van der Waals surface area contributed by atoms with E-state index in [1.54, 1.807) is 16.9 Å². The number of H-pyrrole nitrogens is 1. The highest BCUT2D eigenvalue weighted by atomic mass is 16.5. The first-order valence-electron chi connectivity index (χ1n) is 9.22. The van der Waals surface area contributed by atoms with Gasteiger partial charge in [0.05, 0.1) is 6.26 Å². The number of imidazole rings is 1. The predicted octanol–water partition coefficient (Wildman–Crippen LogP) is 3.29. The van der Waals surface area contributed by atoms with Crippen LogP contribution in [0, 0.1) is 0 Å². The minimum Gasteiger partial charge on any atom is -0.465 e. The molecule has 1 aromatic carbocycles.